The Balaban J connectivity index is 1.54. The van der Waals surface area contributed by atoms with Crippen molar-refractivity contribution >= 4 is 44.8 Å². The van der Waals surface area contributed by atoms with Crippen LogP contribution in [-0.2, 0) is 10.0 Å². The molecule has 2 N–H and O–H groups in total. The number of fused-ring (bicyclic) bond motifs is 2. The number of rotatable bonds is 6. The average molecular weight is 554 g/mol. The quantitative estimate of drug-likeness (QED) is 0.324. The van der Waals surface area contributed by atoms with Gasteiger partial charge in [0.15, 0.2) is 11.6 Å². The molecule has 0 spiro atoms. The highest BCUT2D eigenvalue weighted by Gasteiger charge is 2.34. The second kappa shape index (κ2) is 10.3. The molecule has 0 radical (unpaired) electrons. The first kappa shape index (κ1) is 26.7. The van der Waals surface area contributed by atoms with Crippen LogP contribution in [0.2, 0.25) is 0 Å². The van der Waals surface area contributed by atoms with Crippen molar-refractivity contribution < 1.29 is 27.6 Å². The van der Waals surface area contributed by atoms with Gasteiger partial charge in [0.05, 0.1) is 27.4 Å². The molecule has 1 aliphatic rings. The summed E-state index contributed by atoms with van der Waals surface area (Å²) in [5, 5.41) is 5.40. The fourth-order valence-corrected chi connectivity index (χ4v) is 5.30. The zero-order chi connectivity index (χ0) is 28.6. The Bertz CT molecular complexity index is 1800. The van der Waals surface area contributed by atoms with Crippen molar-refractivity contribution in [2.75, 3.05) is 24.7 Å². The van der Waals surface area contributed by atoms with Crippen LogP contribution in [-0.4, -0.2) is 50.2 Å². The van der Waals surface area contributed by atoms with Gasteiger partial charge >= 0.3 is 0 Å². The number of ketones is 2. The third-order valence-corrected chi connectivity index (χ3v) is 8.33. The first-order valence-corrected chi connectivity index (χ1v) is 13.6. The summed E-state index contributed by atoms with van der Waals surface area (Å²) in [4.78, 5) is 53.3. The Kier molecular flexibility index (Phi) is 6.88. The van der Waals surface area contributed by atoms with Crippen LogP contribution in [0, 0.1) is 0 Å². The molecular formula is C30H23N3O6S. The van der Waals surface area contributed by atoms with Crippen LogP contribution < -0.4 is 10.6 Å². The molecule has 200 valence electrons. The minimum Gasteiger partial charge on any atom is -0.321 e. The van der Waals surface area contributed by atoms with Crippen molar-refractivity contribution in [3.8, 4) is 0 Å². The van der Waals surface area contributed by atoms with Gasteiger partial charge in [-0.3, -0.25) is 19.2 Å². The van der Waals surface area contributed by atoms with Gasteiger partial charge in [0.2, 0.25) is 10.0 Å². The van der Waals surface area contributed by atoms with Gasteiger partial charge in [-0.2, -0.15) is 0 Å². The monoisotopic (exact) mass is 553 g/mol. The van der Waals surface area contributed by atoms with E-state index in [4.69, 9.17) is 0 Å². The number of anilines is 2. The Morgan fingerprint density at radius 2 is 1.02 bits per heavy atom. The Morgan fingerprint density at radius 1 is 0.600 bits per heavy atom. The molecule has 4 aromatic rings. The van der Waals surface area contributed by atoms with Crippen LogP contribution in [0.15, 0.2) is 95.9 Å². The van der Waals surface area contributed by atoms with Gasteiger partial charge in [-0.1, -0.05) is 42.5 Å². The van der Waals surface area contributed by atoms with E-state index in [1.54, 1.807) is 42.5 Å². The smallest absolute Gasteiger partial charge is 0.255 e. The van der Waals surface area contributed by atoms with Gasteiger partial charge < -0.3 is 10.6 Å². The van der Waals surface area contributed by atoms with Crippen LogP contribution in [0.4, 0.5) is 11.4 Å². The number of sulfonamides is 1. The largest absolute Gasteiger partial charge is 0.321 e. The van der Waals surface area contributed by atoms with Gasteiger partial charge in [0, 0.05) is 36.3 Å². The molecule has 0 aromatic heterocycles. The summed E-state index contributed by atoms with van der Waals surface area (Å²) >= 11 is 0. The van der Waals surface area contributed by atoms with Crippen molar-refractivity contribution in [3.05, 3.63) is 124 Å². The van der Waals surface area contributed by atoms with Gasteiger partial charge in [-0.25, -0.2) is 12.7 Å². The summed E-state index contributed by atoms with van der Waals surface area (Å²) in [7, 11) is -0.874. The lowest BCUT2D eigenvalue weighted by Crippen LogP contribution is -2.26. The molecule has 0 aliphatic heterocycles. The molecule has 0 fully saturated rings. The topological polar surface area (TPSA) is 130 Å². The highest BCUT2D eigenvalue weighted by atomic mass is 32.2. The lowest BCUT2D eigenvalue weighted by molar-refractivity contribution is 0.0977. The van der Waals surface area contributed by atoms with Crippen molar-refractivity contribution in [3.63, 3.8) is 0 Å². The third kappa shape index (κ3) is 4.70. The lowest BCUT2D eigenvalue weighted by atomic mass is 9.82. The molecule has 9 nitrogen and oxygen atoms in total. The second-order valence-corrected chi connectivity index (χ2v) is 11.4. The molecule has 1 aliphatic carbocycles. The maximum absolute atomic E-state index is 13.6. The standard InChI is InChI=1S/C30H23N3O6S/c1-33(2)40(38,39)20-14-12-19(13-15-20)30(37)32-24-17-16-23(31-29(36)18-8-4-3-5-9-18)25-26(24)28(35)22-11-7-6-10-21(22)27(25)34/h3-17H,1-2H3,(H,31,36)(H,32,37). The van der Waals surface area contributed by atoms with E-state index in [-0.39, 0.29) is 44.1 Å². The van der Waals surface area contributed by atoms with Gasteiger partial charge in [0.25, 0.3) is 11.8 Å². The zero-order valence-corrected chi connectivity index (χ0v) is 22.3. The van der Waals surface area contributed by atoms with E-state index in [2.05, 4.69) is 10.6 Å². The second-order valence-electron chi connectivity index (χ2n) is 9.20. The van der Waals surface area contributed by atoms with Gasteiger partial charge in [-0.15, -0.1) is 0 Å². The molecule has 0 heterocycles. The van der Waals surface area contributed by atoms with Crippen LogP contribution in [0.1, 0.15) is 52.6 Å². The molecule has 4 aromatic carbocycles. The Labute approximate surface area is 230 Å². The minimum absolute atomic E-state index is 0.0160. The average Bonchev–Trinajstić information content (AvgIpc) is 2.96. The predicted octanol–water partition coefficient (Wildman–Crippen LogP) is 4.22. The molecule has 0 saturated carbocycles. The summed E-state index contributed by atoms with van der Waals surface area (Å²) in [6.45, 7) is 0. The molecular weight excluding hydrogens is 530 g/mol. The van der Waals surface area contributed by atoms with Crippen molar-refractivity contribution in [1.29, 1.82) is 0 Å². The summed E-state index contributed by atoms with van der Waals surface area (Å²) in [5.41, 5.74) is 1.01. The van der Waals surface area contributed by atoms with Crippen LogP contribution in [0.3, 0.4) is 0 Å². The summed E-state index contributed by atoms with van der Waals surface area (Å²) in [6, 6.07) is 23.0. The number of carbonyl (C=O) groups excluding carboxylic acids is 4. The number of benzene rings is 4. The SMILES string of the molecule is CN(C)S(=O)(=O)c1ccc(C(=O)Nc2ccc(NC(=O)c3ccccc3)c3c2C(=O)c2ccccc2C3=O)cc1. The highest BCUT2D eigenvalue weighted by molar-refractivity contribution is 7.89. The Hall–Kier alpha value is -4.93. The molecule has 0 unspecified atom stereocenters. The third-order valence-electron chi connectivity index (χ3n) is 6.50. The molecule has 40 heavy (non-hydrogen) atoms. The number of nitrogens with zero attached hydrogens (tertiary/aromatic N) is 1. The van der Waals surface area contributed by atoms with Gasteiger partial charge in [-0.05, 0) is 48.5 Å². The van der Waals surface area contributed by atoms with Crippen LogP contribution in [0.25, 0.3) is 0 Å². The lowest BCUT2D eigenvalue weighted by Gasteiger charge is -2.23. The van der Waals surface area contributed by atoms with Crippen LogP contribution in [0.5, 0.6) is 0 Å². The first-order valence-electron chi connectivity index (χ1n) is 12.2. The molecule has 0 bridgehead atoms. The molecule has 0 atom stereocenters. The number of amides is 2. The first-order chi connectivity index (χ1) is 19.1. The molecule has 2 amide bonds. The van der Waals surface area contributed by atoms with Crippen molar-refractivity contribution in [2.24, 2.45) is 0 Å². The predicted molar refractivity (Wildman–Crippen MR) is 149 cm³/mol. The summed E-state index contributed by atoms with van der Waals surface area (Å²) < 4.78 is 25.8. The van der Waals surface area contributed by atoms with Crippen molar-refractivity contribution in [1.82, 2.24) is 4.31 Å². The van der Waals surface area contributed by atoms with Crippen LogP contribution >= 0.6 is 0 Å². The van der Waals surface area contributed by atoms with E-state index in [1.165, 1.54) is 62.6 Å². The fourth-order valence-electron chi connectivity index (χ4n) is 4.40. The van der Waals surface area contributed by atoms with E-state index in [9.17, 15) is 27.6 Å². The van der Waals surface area contributed by atoms with E-state index in [1.807, 2.05) is 0 Å². The maximum Gasteiger partial charge on any atom is 0.255 e. The molecule has 5 rings (SSSR count). The summed E-state index contributed by atoms with van der Waals surface area (Å²) in [6.07, 6.45) is 0. The van der Waals surface area contributed by atoms with Gasteiger partial charge in [0.1, 0.15) is 0 Å². The van der Waals surface area contributed by atoms with E-state index < -0.39 is 33.4 Å². The Morgan fingerprint density at radius 3 is 1.48 bits per heavy atom. The highest BCUT2D eigenvalue weighted by Crippen LogP contribution is 2.37. The van der Waals surface area contributed by atoms with Crippen molar-refractivity contribution in [2.45, 2.75) is 4.90 Å². The minimum atomic E-state index is -3.68. The van der Waals surface area contributed by atoms with E-state index in [0.29, 0.717) is 5.56 Å². The van der Waals surface area contributed by atoms with E-state index >= 15 is 0 Å². The fraction of sp³-hybridized carbons (Fsp3) is 0.0667. The number of carbonyl (C=O) groups is 4. The maximum atomic E-state index is 13.6. The molecule has 0 saturated heterocycles. The summed E-state index contributed by atoms with van der Waals surface area (Å²) in [5.74, 6) is -2.03. The molecule has 10 heteroatoms. The number of nitrogens with one attached hydrogen (secondary N) is 2. The van der Waals surface area contributed by atoms with E-state index in [0.717, 1.165) is 4.31 Å². The number of hydrogen-bond acceptors (Lipinski definition) is 6. The normalized spacial score (nSPS) is 12.5. The zero-order valence-electron chi connectivity index (χ0n) is 21.5. The number of hydrogen-bond donors (Lipinski definition) is 2.